The number of nitrogens with zero attached hydrogens (tertiary/aromatic N) is 1. The van der Waals surface area contributed by atoms with Crippen LogP contribution in [0.3, 0.4) is 0 Å². The Morgan fingerprint density at radius 3 is 2.40 bits per heavy atom. The van der Waals surface area contributed by atoms with Crippen molar-refractivity contribution < 1.29 is 18.9 Å². The third-order valence-corrected chi connectivity index (χ3v) is 2.50. The SMILES string of the molecule is COCCCOCCOCCOc1ccccc1C#N. The first-order valence-corrected chi connectivity index (χ1v) is 6.65. The molecule has 0 N–H and O–H groups in total. The molecule has 0 saturated carbocycles. The minimum Gasteiger partial charge on any atom is -0.490 e. The van der Waals surface area contributed by atoms with Crippen LogP contribution in [-0.2, 0) is 14.2 Å². The van der Waals surface area contributed by atoms with Gasteiger partial charge in [-0.15, -0.1) is 0 Å². The number of para-hydroxylation sites is 1. The van der Waals surface area contributed by atoms with Crippen LogP contribution in [0.25, 0.3) is 0 Å². The minimum absolute atomic E-state index is 0.419. The molecular weight excluding hydrogens is 258 g/mol. The fraction of sp³-hybridized carbons (Fsp3) is 0.533. The lowest BCUT2D eigenvalue weighted by atomic mass is 10.2. The van der Waals surface area contributed by atoms with Crippen LogP contribution in [0.15, 0.2) is 24.3 Å². The third-order valence-electron chi connectivity index (χ3n) is 2.50. The van der Waals surface area contributed by atoms with E-state index in [1.165, 1.54) is 0 Å². The van der Waals surface area contributed by atoms with Crippen molar-refractivity contribution in [3.05, 3.63) is 29.8 Å². The second-order valence-corrected chi connectivity index (χ2v) is 4.03. The molecule has 0 atom stereocenters. The first-order chi connectivity index (χ1) is 9.88. The summed E-state index contributed by atoms with van der Waals surface area (Å²) in [6, 6.07) is 9.23. The fourth-order valence-electron chi connectivity index (χ4n) is 1.52. The third kappa shape index (κ3) is 7.10. The van der Waals surface area contributed by atoms with Gasteiger partial charge < -0.3 is 18.9 Å². The average molecular weight is 279 g/mol. The molecule has 0 aromatic heterocycles. The normalized spacial score (nSPS) is 10.2. The Hall–Kier alpha value is -1.61. The Morgan fingerprint density at radius 1 is 0.950 bits per heavy atom. The van der Waals surface area contributed by atoms with Gasteiger partial charge in [-0.3, -0.25) is 0 Å². The molecule has 5 heteroatoms. The van der Waals surface area contributed by atoms with Crippen LogP contribution in [0.5, 0.6) is 5.75 Å². The van der Waals surface area contributed by atoms with E-state index < -0.39 is 0 Å². The largest absolute Gasteiger partial charge is 0.490 e. The van der Waals surface area contributed by atoms with Gasteiger partial charge in [0, 0.05) is 20.3 Å². The lowest BCUT2D eigenvalue weighted by Gasteiger charge is -2.08. The van der Waals surface area contributed by atoms with Crippen LogP contribution in [0.1, 0.15) is 12.0 Å². The Morgan fingerprint density at radius 2 is 1.65 bits per heavy atom. The predicted molar refractivity (Wildman–Crippen MR) is 74.8 cm³/mol. The summed E-state index contributed by atoms with van der Waals surface area (Å²) in [7, 11) is 1.67. The molecule has 0 saturated heterocycles. The Bertz CT molecular complexity index is 403. The van der Waals surface area contributed by atoms with Crippen molar-refractivity contribution in [2.75, 3.05) is 46.8 Å². The molecule has 1 rings (SSSR count). The summed E-state index contributed by atoms with van der Waals surface area (Å²) in [4.78, 5) is 0. The molecule has 0 fully saturated rings. The quantitative estimate of drug-likeness (QED) is 0.580. The van der Waals surface area contributed by atoms with Gasteiger partial charge in [0.2, 0.25) is 0 Å². The number of ether oxygens (including phenoxy) is 4. The van der Waals surface area contributed by atoms with Gasteiger partial charge in [-0.25, -0.2) is 0 Å². The number of rotatable bonds is 11. The van der Waals surface area contributed by atoms with Gasteiger partial charge in [0.25, 0.3) is 0 Å². The topological polar surface area (TPSA) is 60.7 Å². The van der Waals surface area contributed by atoms with Crippen molar-refractivity contribution in [1.82, 2.24) is 0 Å². The van der Waals surface area contributed by atoms with Crippen molar-refractivity contribution in [3.8, 4) is 11.8 Å². The van der Waals surface area contributed by atoms with Crippen molar-refractivity contribution in [1.29, 1.82) is 5.26 Å². The summed E-state index contributed by atoms with van der Waals surface area (Å²) in [6.07, 6.45) is 0.893. The first kappa shape index (κ1) is 16.4. The summed E-state index contributed by atoms with van der Waals surface area (Å²) >= 11 is 0. The highest BCUT2D eigenvalue weighted by Gasteiger charge is 2.00. The Balaban J connectivity index is 1.98. The van der Waals surface area contributed by atoms with Crippen LogP contribution in [-0.4, -0.2) is 46.8 Å². The number of hydrogen-bond acceptors (Lipinski definition) is 5. The van der Waals surface area contributed by atoms with Crippen molar-refractivity contribution in [2.45, 2.75) is 6.42 Å². The highest BCUT2D eigenvalue weighted by atomic mass is 16.5. The van der Waals surface area contributed by atoms with Crippen molar-refractivity contribution in [2.24, 2.45) is 0 Å². The van der Waals surface area contributed by atoms with Gasteiger partial charge >= 0.3 is 0 Å². The fourth-order valence-corrected chi connectivity index (χ4v) is 1.52. The second kappa shape index (κ2) is 11.2. The van der Waals surface area contributed by atoms with Crippen molar-refractivity contribution in [3.63, 3.8) is 0 Å². The maximum atomic E-state index is 8.89. The summed E-state index contributed by atoms with van der Waals surface area (Å²) in [5.74, 6) is 0.592. The second-order valence-electron chi connectivity index (χ2n) is 4.03. The Kier molecular flexibility index (Phi) is 9.24. The van der Waals surface area contributed by atoms with E-state index in [0.717, 1.165) is 6.42 Å². The van der Waals surface area contributed by atoms with Gasteiger partial charge in [-0.1, -0.05) is 12.1 Å². The number of benzene rings is 1. The zero-order chi connectivity index (χ0) is 14.5. The van der Waals surface area contributed by atoms with E-state index in [1.54, 1.807) is 19.2 Å². The molecule has 110 valence electrons. The smallest absolute Gasteiger partial charge is 0.137 e. The molecule has 0 unspecified atom stereocenters. The van der Waals surface area contributed by atoms with E-state index in [1.807, 2.05) is 12.1 Å². The summed E-state index contributed by atoms with van der Waals surface area (Å²) in [6.45, 7) is 3.40. The van der Waals surface area contributed by atoms with E-state index in [9.17, 15) is 0 Å². The predicted octanol–water partition coefficient (Wildman–Crippen LogP) is 2.01. The highest BCUT2D eigenvalue weighted by Crippen LogP contribution is 2.15. The Labute approximate surface area is 120 Å². The average Bonchev–Trinajstić information content (AvgIpc) is 2.49. The van der Waals surface area contributed by atoms with Gasteiger partial charge in [0.1, 0.15) is 18.4 Å². The number of nitriles is 1. The molecule has 20 heavy (non-hydrogen) atoms. The van der Waals surface area contributed by atoms with Crippen molar-refractivity contribution >= 4 is 0 Å². The van der Waals surface area contributed by atoms with E-state index in [-0.39, 0.29) is 0 Å². The molecule has 0 aliphatic carbocycles. The van der Waals surface area contributed by atoms with E-state index in [2.05, 4.69) is 6.07 Å². The van der Waals surface area contributed by atoms with Gasteiger partial charge in [0.05, 0.1) is 25.4 Å². The zero-order valence-corrected chi connectivity index (χ0v) is 11.8. The van der Waals surface area contributed by atoms with Gasteiger partial charge in [0.15, 0.2) is 0 Å². The molecule has 0 bridgehead atoms. The lowest BCUT2D eigenvalue weighted by molar-refractivity contribution is 0.0303. The minimum atomic E-state index is 0.419. The van der Waals surface area contributed by atoms with Crippen LogP contribution in [0.4, 0.5) is 0 Å². The monoisotopic (exact) mass is 279 g/mol. The van der Waals surface area contributed by atoms with Gasteiger partial charge in [-0.05, 0) is 18.6 Å². The standard InChI is InChI=1S/C15H21NO4/c1-17-7-4-8-18-9-10-19-11-12-20-15-6-3-2-5-14(15)13-16/h2-3,5-6H,4,7-12H2,1H3. The molecule has 1 aromatic rings. The van der Waals surface area contributed by atoms with E-state index >= 15 is 0 Å². The molecular formula is C15H21NO4. The van der Waals surface area contributed by atoms with Crippen LogP contribution >= 0.6 is 0 Å². The molecule has 0 aliphatic rings. The lowest BCUT2D eigenvalue weighted by Crippen LogP contribution is -2.12. The maximum absolute atomic E-state index is 8.89. The number of methoxy groups -OCH3 is 1. The molecule has 0 aliphatic heterocycles. The maximum Gasteiger partial charge on any atom is 0.137 e. The van der Waals surface area contributed by atoms with Crippen LogP contribution in [0.2, 0.25) is 0 Å². The molecule has 1 aromatic carbocycles. The molecule has 0 radical (unpaired) electrons. The summed E-state index contributed by atoms with van der Waals surface area (Å²) in [5.41, 5.74) is 0.536. The van der Waals surface area contributed by atoms with Crippen LogP contribution < -0.4 is 4.74 Å². The molecule has 0 heterocycles. The highest BCUT2D eigenvalue weighted by molar-refractivity contribution is 5.42. The molecule has 5 nitrogen and oxygen atoms in total. The van der Waals surface area contributed by atoms with Crippen LogP contribution in [0, 0.1) is 11.3 Å². The van der Waals surface area contributed by atoms with E-state index in [4.69, 9.17) is 24.2 Å². The molecule has 0 amide bonds. The first-order valence-electron chi connectivity index (χ1n) is 6.65. The number of hydrogen-bond donors (Lipinski definition) is 0. The summed E-state index contributed by atoms with van der Waals surface area (Å²) in [5, 5.41) is 8.89. The zero-order valence-electron chi connectivity index (χ0n) is 11.8. The summed E-state index contributed by atoms with van der Waals surface area (Å²) < 4.78 is 21.1. The van der Waals surface area contributed by atoms with Gasteiger partial charge in [-0.2, -0.15) is 5.26 Å². The molecule has 0 spiro atoms. The van der Waals surface area contributed by atoms with E-state index in [0.29, 0.717) is 51.0 Å².